The number of rotatable bonds is 2. The lowest BCUT2D eigenvalue weighted by molar-refractivity contribution is 0.419. The molecule has 3 atom stereocenters. The molecule has 0 N–H and O–H groups in total. The van der Waals surface area contributed by atoms with Gasteiger partial charge in [0.25, 0.3) is 0 Å². The summed E-state index contributed by atoms with van der Waals surface area (Å²) in [5.41, 5.74) is 3.13. The molecule has 0 radical (unpaired) electrons. The van der Waals surface area contributed by atoms with Gasteiger partial charge in [0.15, 0.2) is 0 Å². The molecule has 2 aliphatic carbocycles. The van der Waals surface area contributed by atoms with Crippen LogP contribution in [0, 0.1) is 11.8 Å². The maximum Gasteiger partial charge on any atom is 0.00526 e. The molecule has 1 aromatic rings. The van der Waals surface area contributed by atoms with Crippen molar-refractivity contribution >= 4 is 0 Å². The molecule has 0 saturated heterocycles. The lowest BCUT2D eigenvalue weighted by Crippen LogP contribution is -2.14. The smallest absolute Gasteiger partial charge is 0.00526 e. The zero-order chi connectivity index (χ0) is 12.4. The summed E-state index contributed by atoms with van der Waals surface area (Å²) in [5.74, 6) is 2.11. The molecule has 0 nitrogen and oxygen atoms in total. The summed E-state index contributed by atoms with van der Waals surface area (Å²) in [4.78, 5) is 0. The van der Waals surface area contributed by atoms with Gasteiger partial charge in [0.1, 0.15) is 0 Å². The molecule has 0 aliphatic heterocycles. The van der Waals surface area contributed by atoms with Crippen LogP contribution in [0.1, 0.15) is 30.4 Å². The van der Waals surface area contributed by atoms with Crippen LogP contribution >= 0.6 is 0 Å². The van der Waals surface area contributed by atoms with Crippen LogP contribution in [-0.4, -0.2) is 0 Å². The number of fused-ring (bicyclic) bond motifs is 3. The standard InChI is InChI=1S/C18H20/c1-2-3-4-7-14-10-11-18-16(12-14)13-15-8-5-6-9-17(15)18/h2-11,14,16,18H,12-13H2,1H3. The molecule has 18 heavy (non-hydrogen) atoms. The summed E-state index contributed by atoms with van der Waals surface area (Å²) in [6.45, 7) is 2.06. The molecule has 3 unspecified atom stereocenters. The molecule has 0 spiro atoms. The predicted octanol–water partition coefficient (Wildman–Crippen LogP) is 4.65. The van der Waals surface area contributed by atoms with Crippen molar-refractivity contribution in [1.29, 1.82) is 0 Å². The predicted molar refractivity (Wildman–Crippen MR) is 77.6 cm³/mol. The Balaban J connectivity index is 1.78. The summed E-state index contributed by atoms with van der Waals surface area (Å²) in [7, 11) is 0. The third kappa shape index (κ3) is 2.08. The van der Waals surface area contributed by atoms with Crippen molar-refractivity contribution in [3.63, 3.8) is 0 Å². The lowest BCUT2D eigenvalue weighted by Gasteiger charge is -2.25. The summed E-state index contributed by atoms with van der Waals surface area (Å²) in [5, 5.41) is 0. The molecule has 92 valence electrons. The number of benzene rings is 1. The van der Waals surface area contributed by atoms with E-state index in [-0.39, 0.29) is 0 Å². The van der Waals surface area contributed by atoms with Crippen LogP contribution in [-0.2, 0) is 6.42 Å². The summed E-state index contributed by atoms with van der Waals surface area (Å²) < 4.78 is 0. The molecule has 1 aromatic carbocycles. The monoisotopic (exact) mass is 236 g/mol. The van der Waals surface area contributed by atoms with Gasteiger partial charge in [-0.15, -0.1) is 0 Å². The SMILES string of the molecule is CC=CC=CC1C=CC2c3ccccc3CC2C1. The summed E-state index contributed by atoms with van der Waals surface area (Å²) in [6, 6.07) is 8.95. The molecule has 0 saturated carbocycles. The second-order valence-electron chi connectivity index (χ2n) is 5.38. The van der Waals surface area contributed by atoms with Crippen molar-refractivity contribution in [3.8, 4) is 0 Å². The fourth-order valence-corrected chi connectivity index (χ4v) is 3.35. The van der Waals surface area contributed by atoms with Gasteiger partial charge in [-0.1, -0.05) is 60.7 Å². The molecular formula is C18H20. The van der Waals surface area contributed by atoms with E-state index in [0.29, 0.717) is 11.8 Å². The van der Waals surface area contributed by atoms with E-state index in [1.165, 1.54) is 12.8 Å². The minimum Gasteiger partial charge on any atom is -0.0877 e. The quantitative estimate of drug-likeness (QED) is 0.518. The first-order valence-corrected chi connectivity index (χ1v) is 6.94. The Morgan fingerprint density at radius 2 is 2.00 bits per heavy atom. The van der Waals surface area contributed by atoms with E-state index in [2.05, 4.69) is 67.6 Å². The molecule has 2 aliphatic rings. The minimum atomic E-state index is 0.622. The Bertz CT molecular complexity index is 505. The average Bonchev–Trinajstić information content (AvgIpc) is 2.76. The highest BCUT2D eigenvalue weighted by Gasteiger charge is 2.33. The van der Waals surface area contributed by atoms with Crippen LogP contribution in [0.3, 0.4) is 0 Å². The van der Waals surface area contributed by atoms with Gasteiger partial charge in [-0.2, -0.15) is 0 Å². The Morgan fingerprint density at radius 3 is 2.89 bits per heavy atom. The third-order valence-electron chi connectivity index (χ3n) is 4.21. The van der Waals surface area contributed by atoms with Crippen molar-refractivity contribution in [2.75, 3.05) is 0 Å². The van der Waals surface area contributed by atoms with E-state index in [4.69, 9.17) is 0 Å². The molecular weight excluding hydrogens is 216 g/mol. The van der Waals surface area contributed by atoms with Gasteiger partial charge in [-0.3, -0.25) is 0 Å². The Kier molecular flexibility index (Phi) is 3.19. The number of hydrogen-bond donors (Lipinski definition) is 0. The maximum absolute atomic E-state index is 2.44. The molecule has 0 bridgehead atoms. The van der Waals surface area contributed by atoms with Crippen LogP contribution in [0.2, 0.25) is 0 Å². The van der Waals surface area contributed by atoms with Crippen LogP contribution in [0.5, 0.6) is 0 Å². The Hall–Kier alpha value is -1.56. The van der Waals surface area contributed by atoms with E-state index >= 15 is 0 Å². The van der Waals surface area contributed by atoms with Gasteiger partial charge in [0.05, 0.1) is 0 Å². The van der Waals surface area contributed by atoms with Gasteiger partial charge in [0, 0.05) is 5.92 Å². The maximum atomic E-state index is 2.44. The fourth-order valence-electron chi connectivity index (χ4n) is 3.35. The first kappa shape index (κ1) is 11.5. The summed E-state index contributed by atoms with van der Waals surface area (Å²) in [6.07, 6.45) is 16.1. The highest BCUT2D eigenvalue weighted by Crippen LogP contribution is 2.45. The van der Waals surface area contributed by atoms with Crippen molar-refractivity contribution in [2.24, 2.45) is 11.8 Å². The average molecular weight is 236 g/mol. The summed E-state index contributed by atoms with van der Waals surface area (Å²) >= 11 is 0. The highest BCUT2D eigenvalue weighted by atomic mass is 14.4. The number of hydrogen-bond acceptors (Lipinski definition) is 0. The zero-order valence-electron chi connectivity index (χ0n) is 10.9. The molecule has 3 rings (SSSR count). The molecule has 0 aromatic heterocycles. The Morgan fingerprint density at radius 1 is 1.11 bits per heavy atom. The lowest BCUT2D eigenvalue weighted by atomic mass is 9.79. The van der Waals surface area contributed by atoms with Crippen molar-refractivity contribution in [2.45, 2.75) is 25.7 Å². The third-order valence-corrected chi connectivity index (χ3v) is 4.21. The second kappa shape index (κ2) is 4.97. The van der Waals surface area contributed by atoms with Crippen LogP contribution in [0.25, 0.3) is 0 Å². The highest BCUT2D eigenvalue weighted by molar-refractivity contribution is 5.40. The topological polar surface area (TPSA) is 0 Å². The van der Waals surface area contributed by atoms with E-state index in [0.717, 1.165) is 5.92 Å². The van der Waals surface area contributed by atoms with E-state index in [9.17, 15) is 0 Å². The van der Waals surface area contributed by atoms with Crippen LogP contribution in [0.4, 0.5) is 0 Å². The van der Waals surface area contributed by atoms with Crippen LogP contribution in [0.15, 0.2) is 60.7 Å². The van der Waals surface area contributed by atoms with E-state index in [1.54, 1.807) is 11.1 Å². The van der Waals surface area contributed by atoms with Crippen molar-refractivity contribution in [3.05, 3.63) is 71.8 Å². The van der Waals surface area contributed by atoms with E-state index in [1.807, 2.05) is 0 Å². The van der Waals surface area contributed by atoms with Gasteiger partial charge >= 0.3 is 0 Å². The molecule has 0 fully saturated rings. The fraction of sp³-hybridized carbons (Fsp3) is 0.333. The van der Waals surface area contributed by atoms with E-state index < -0.39 is 0 Å². The van der Waals surface area contributed by atoms with Crippen molar-refractivity contribution in [1.82, 2.24) is 0 Å². The molecule has 0 heteroatoms. The van der Waals surface area contributed by atoms with Gasteiger partial charge in [-0.25, -0.2) is 0 Å². The zero-order valence-corrected chi connectivity index (χ0v) is 10.9. The minimum absolute atomic E-state index is 0.622. The largest absolute Gasteiger partial charge is 0.0877 e. The number of allylic oxidation sites excluding steroid dienone is 6. The first-order chi connectivity index (χ1) is 8.88. The second-order valence-corrected chi connectivity index (χ2v) is 5.38. The van der Waals surface area contributed by atoms with Gasteiger partial charge in [0.2, 0.25) is 0 Å². The molecule has 0 amide bonds. The molecule has 0 heterocycles. The normalized spacial score (nSPS) is 29.9. The van der Waals surface area contributed by atoms with Gasteiger partial charge in [-0.05, 0) is 42.7 Å². The van der Waals surface area contributed by atoms with Gasteiger partial charge < -0.3 is 0 Å². The first-order valence-electron chi connectivity index (χ1n) is 6.94. The van der Waals surface area contributed by atoms with Crippen molar-refractivity contribution < 1.29 is 0 Å². The van der Waals surface area contributed by atoms with Crippen LogP contribution < -0.4 is 0 Å². The Labute approximate surface area is 110 Å².